The summed E-state index contributed by atoms with van der Waals surface area (Å²) in [5, 5.41) is 13.8. The minimum Gasteiger partial charge on any atom is -0.481 e. The minimum atomic E-state index is -0.849. The van der Waals surface area contributed by atoms with Crippen LogP contribution in [0.3, 0.4) is 0 Å². The monoisotopic (exact) mass is 246 g/mol. The van der Waals surface area contributed by atoms with Gasteiger partial charge in [-0.3, -0.25) is 4.79 Å². The van der Waals surface area contributed by atoms with Crippen LogP contribution in [0, 0.1) is 5.92 Å². The number of hydrogen-bond acceptors (Lipinski definition) is 3. The van der Waals surface area contributed by atoms with Gasteiger partial charge in [0, 0.05) is 13.1 Å². The van der Waals surface area contributed by atoms with Crippen LogP contribution in [0.15, 0.2) is 0 Å². The molecule has 0 radical (unpaired) electrons. The molecule has 1 unspecified atom stereocenters. The van der Waals surface area contributed by atoms with Crippen molar-refractivity contribution in [3.8, 4) is 0 Å². The molecule has 0 rings (SSSR count). The second-order valence-corrected chi connectivity index (χ2v) is 4.13. The Hall–Kier alpha value is -1.30. The van der Waals surface area contributed by atoms with E-state index in [4.69, 9.17) is 9.84 Å². The van der Waals surface area contributed by atoms with Crippen LogP contribution in [0.5, 0.6) is 0 Å². The second-order valence-electron chi connectivity index (χ2n) is 4.13. The Morgan fingerprint density at radius 3 is 2.29 bits per heavy atom. The number of amides is 2. The van der Waals surface area contributed by atoms with Crippen LogP contribution >= 0.6 is 0 Å². The van der Waals surface area contributed by atoms with Crippen molar-refractivity contribution in [3.63, 3.8) is 0 Å². The zero-order valence-corrected chi connectivity index (χ0v) is 10.7. The average molecular weight is 246 g/mol. The van der Waals surface area contributed by atoms with E-state index >= 15 is 0 Å². The lowest BCUT2D eigenvalue weighted by Gasteiger charge is -2.10. The van der Waals surface area contributed by atoms with Crippen LogP contribution < -0.4 is 10.6 Å². The molecule has 2 amide bonds. The maximum atomic E-state index is 11.2. The summed E-state index contributed by atoms with van der Waals surface area (Å²) in [5.41, 5.74) is 0. The maximum absolute atomic E-state index is 11.2. The minimum absolute atomic E-state index is 0.149. The van der Waals surface area contributed by atoms with Gasteiger partial charge >= 0.3 is 12.0 Å². The van der Waals surface area contributed by atoms with Crippen LogP contribution in [-0.4, -0.2) is 42.9 Å². The molecule has 1 atom stereocenters. The number of carbonyl (C=O) groups excluding carboxylic acids is 1. The molecule has 0 aliphatic rings. The quantitative estimate of drug-likeness (QED) is 0.553. The number of rotatable bonds is 8. The molecule has 17 heavy (non-hydrogen) atoms. The van der Waals surface area contributed by atoms with Gasteiger partial charge in [-0.05, 0) is 20.3 Å². The first-order valence-electron chi connectivity index (χ1n) is 5.79. The Morgan fingerprint density at radius 1 is 1.18 bits per heavy atom. The molecule has 3 N–H and O–H groups in total. The SMILES string of the molecule is CC(C)OCCNC(=O)NCCC(C)C(=O)O. The number of urea groups is 1. The van der Waals surface area contributed by atoms with Gasteiger partial charge in [0.2, 0.25) is 0 Å². The first kappa shape index (κ1) is 15.7. The molecule has 0 aliphatic carbocycles. The van der Waals surface area contributed by atoms with Crippen molar-refractivity contribution < 1.29 is 19.4 Å². The van der Waals surface area contributed by atoms with Gasteiger partial charge in [-0.1, -0.05) is 6.92 Å². The number of carboxylic acids is 1. The fraction of sp³-hybridized carbons (Fsp3) is 0.818. The lowest BCUT2D eigenvalue weighted by Crippen LogP contribution is -2.38. The Morgan fingerprint density at radius 2 is 1.76 bits per heavy atom. The van der Waals surface area contributed by atoms with Crippen LogP contribution in [0.2, 0.25) is 0 Å². The molecule has 6 heteroatoms. The van der Waals surface area contributed by atoms with E-state index in [0.717, 1.165) is 0 Å². The molecule has 0 bridgehead atoms. The van der Waals surface area contributed by atoms with Gasteiger partial charge in [-0.25, -0.2) is 4.79 Å². The van der Waals surface area contributed by atoms with Gasteiger partial charge in [-0.15, -0.1) is 0 Å². The number of hydrogen-bond donors (Lipinski definition) is 3. The van der Waals surface area contributed by atoms with E-state index in [2.05, 4.69) is 10.6 Å². The fourth-order valence-corrected chi connectivity index (χ4v) is 1.05. The van der Waals surface area contributed by atoms with E-state index in [1.807, 2.05) is 13.8 Å². The van der Waals surface area contributed by atoms with Crippen molar-refractivity contribution in [2.75, 3.05) is 19.7 Å². The van der Waals surface area contributed by atoms with Crippen LogP contribution in [-0.2, 0) is 9.53 Å². The highest BCUT2D eigenvalue weighted by molar-refractivity contribution is 5.74. The summed E-state index contributed by atoms with van der Waals surface area (Å²) in [5.74, 6) is -1.29. The van der Waals surface area contributed by atoms with E-state index in [1.54, 1.807) is 6.92 Å². The van der Waals surface area contributed by atoms with Crippen molar-refractivity contribution in [1.82, 2.24) is 10.6 Å². The Labute approximate surface area is 102 Å². The van der Waals surface area contributed by atoms with Gasteiger partial charge < -0.3 is 20.5 Å². The standard InChI is InChI=1S/C11H22N2O4/c1-8(2)17-7-6-13-11(16)12-5-4-9(3)10(14)15/h8-9H,4-7H2,1-3H3,(H,14,15)(H2,12,13,16). The molecule has 0 saturated carbocycles. The number of carbonyl (C=O) groups is 2. The van der Waals surface area contributed by atoms with Crippen molar-refractivity contribution in [2.24, 2.45) is 5.92 Å². The molecule has 0 aliphatic heterocycles. The topological polar surface area (TPSA) is 87.7 Å². The molecule has 0 aromatic heterocycles. The average Bonchev–Trinajstić information content (AvgIpc) is 2.23. The zero-order chi connectivity index (χ0) is 13.3. The fourth-order valence-electron chi connectivity index (χ4n) is 1.05. The Kier molecular flexibility index (Phi) is 8.13. The third kappa shape index (κ3) is 9.62. The normalized spacial score (nSPS) is 12.2. The van der Waals surface area contributed by atoms with Crippen molar-refractivity contribution in [1.29, 1.82) is 0 Å². The van der Waals surface area contributed by atoms with Crippen molar-refractivity contribution in [3.05, 3.63) is 0 Å². The lowest BCUT2D eigenvalue weighted by atomic mass is 10.1. The molecule has 0 fully saturated rings. The molecule has 6 nitrogen and oxygen atoms in total. The smallest absolute Gasteiger partial charge is 0.314 e. The van der Waals surface area contributed by atoms with Crippen LogP contribution in [0.1, 0.15) is 27.2 Å². The summed E-state index contributed by atoms with van der Waals surface area (Å²) >= 11 is 0. The largest absolute Gasteiger partial charge is 0.481 e. The van der Waals surface area contributed by atoms with Crippen LogP contribution in [0.25, 0.3) is 0 Å². The highest BCUT2D eigenvalue weighted by atomic mass is 16.5. The Balaban J connectivity index is 3.44. The summed E-state index contributed by atoms with van der Waals surface area (Å²) < 4.78 is 5.25. The van der Waals surface area contributed by atoms with E-state index in [1.165, 1.54) is 0 Å². The summed E-state index contributed by atoms with van der Waals surface area (Å²) in [6, 6.07) is -0.296. The van der Waals surface area contributed by atoms with E-state index in [-0.39, 0.29) is 12.1 Å². The molecule has 0 saturated heterocycles. The highest BCUT2D eigenvalue weighted by Crippen LogP contribution is 1.99. The number of ether oxygens (including phenoxy) is 1. The zero-order valence-electron chi connectivity index (χ0n) is 10.7. The molecule has 0 aromatic rings. The molecule has 0 spiro atoms. The highest BCUT2D eigenvalue weighted by Gasteiger charge is 2.10. The van der Waals surface area contributed by atoms with Gasteiger partial charge in [0.1, 0.15) is 0 Å². The third-order valence-corrected chi connectivity index (χ3v) is 2.12. The molecule has 0 aromatic carbocycles. The second kappa shape index (κ2) is 8.81. The number of nitrogens with one attached hydrogen (secondary N) is 2. The summed E-state index contributed by atoms with van der Waals surface area (Å²) in [7, 11) is 0. The summed E-state index contributed by atoms with van der Waals surface area (Å²) in [4.78, 5) is 21.7. The number of aliphatic carboxylic acids is 1. The summed E-state index contributed by atoms with van der Waals surface area (Å²) in [6.07, 6.45) is 0.571. The first-order chi connectivity index (χ1) is 7.93. The summed E-state index contributed by atoms with van der Waals surface area (Å²) in [6.45, 7) is 6.72. The molecular weight excluding hydrogens is 224 g/mol. The van der Waals surface area contributed by atoms with Crippen molar-refractivity contribution >= 4 is 12.0 Å². The maximum Gasteiger partial charge on any atom is 0.314 e. The first-order valence-corrected chi connectivity index (χ1v) is 5.79. The van der Waals surface area contributed by atoms with Gasteiger partial charge in [0.05, 0.1) is 18.6 Å². The Bertz CT molecular complexity index is 244. The number of carboxylic acid groups (broad SMARTS) is 1. The van der Waals surface area contributed by atoms with E-state index in [9.17, 15) is 9.59 Å². The van der Waals surface area contributed by atoms with Gasteiger partial charge in [0.15, 0.2) is 0 Å². The third-order valence-electron chi connectivity index (χ3n) is 2.12. The van der Waals surface area contributed by atoms with Crippen LogP contribution in [0.4, 0.5) is 4.79 Å². The van der Waals surface area contributed by atoms with Gasteiger partial charge in [-0.2, -0.15) is 0 Å². The van der Waals surface area contributed by atoms with Gasteiger partial charge in [0.25, 0.3) is 0 Å². The predicted octanol–water partition coefficient (Wildman–Crippen LogP) is 0.821. The van der Waals surface area contributed by atoms with E-state index < -0.39 is 11.9 Å². The predicted molar refractivity (Wildman–Crippen MR) is 63.9 cm³/mol. The molecular formula is C11H22N2O4. The van der Waals surface area contributed by atoms with E-state index in [0.29, 0.717) is 26.1 Å². The molecule has 100 valence electrons. The molecule has 0 heterocycles. The lowest BCUT2D eigenvalue weighted by molar-refractivity contribution is -0.141. The van der Waals surface area contributed by atoms with Crippen molar-refractivity contribution in [2.45, 2.75) is 33.3 Å².